The van der Waals surface area contributed by atoms with Crippen molar-refractivity contribution in [2.45, 2.75) is 233 Å². The second-order valence-corrected chi connectivity index (χ2v) is 22.0. The lowest BCUT2D eigenvalue weighted by Crippen LogP contribution is -2.21. The van der Waals surface area contributed by atoms with Crippen LogP contribution in [-0.4, -0.2) is 38.0 Å². The van der Waals surface area contributed by atoms with Crippen molar-refractivity contribution in [2.75, 3.05) is 26.4 Å². The summed E-state index contributed by atoms with van der Waals surface area (Å²) in [5, 5.41) is 1.88. The number of unbranched alkanes of at least 4 members (excludes halogenated alkanes) is 28. The number of hydrogen-bond donors (Lipinski definition) is 0. The molecule has 0 aromatic heterocycles. The third kappa shape index (κ3) is 19.4. The minimum atomic E-state index is -0.140. The van der Waals surface area contributed by atoms with Crippen molar-refractivity contribution >= 4 is 22.3 Å². The zero-order valence-corrected chi connectivity index (χ0v) is 48.0. The van der Waals surface area contributed by atoms with E-state index in [2.05, 4.69) is 52.0 Å². The van der Waals surface area contributed by atoms with Crippen LogP contribution >= 0.6 is 0 Å². The smallest absolute Gasteiger partial charge is 0.194 e. The van der Waals surface area contributed by atoms with Crippen LogP contribution in [0.3, 0.4) is 0 Å². The van der Waals surface area contributed by atoms with Crippen LogP contribution in [0.5, 0.6) is 23.0 Å². The quantitative estimate of drug-likeness (QED) is 0.0356. The number of ketones is 2. The van der Waals surface area contributed by atoms with Gasteiger partial charge in [0.1, 0.15) is 0 Å². The van der Waals surface area contributed by atoms with Gasteiger partial charge in [0, 0.05) is 22.3 Å². The average Bonchev–Trinajstić information content (AvgIpc) is 3.44. The van der Waals surface area contributed by atoms with E-state index in [1.54, 1.807) is 0 Å². The first-order valence-electron chi connectivity index (χ1n) is 31.1. The van der Waals surface area contributed by atoms with Crippen LogP contribution in [0.2, 0.25) is 0 Å². The summed E-state index contributed by atoms with van der Waals surface area (Å²) >= 11 is 0. The van der Waals surface area contributed by atoms with Crippen LogP contribution in [0.25, 0.3) is 33.0 Å². The molecule has 0 saturated carbocycles. The molecule has 6 heteroatoms. The summed E-state index contributed by atoms with van der Waals surface area (Å²) in [4.78, 5) is 29.5. The Bertz CT molecular complexity index is 2300. The van der Waals surface area contributed by atoms with Crippen LogP contribution in [-0.2, 0) is 0 Å². The van der Waals surface area contributed by atoms with Crippen molar-refractivity contribution in [2.24, 2.45) is 0 Å². The molecule has 0 aliphatic heterocycles. The SMILES string of the molecule is CCCCCCCCCCOc1ccc(-c2cc3c(cc2-c2ccc(OCCCCCCCCCC)c(OCCCCCCCCCC)c2)C(=O)c2cc4ccccc4cc2C3=O)cc1OCCCCCCCCCC. The molecule has 76 heavy (non-hydrogen) atoms. The van der Waals surface area contributed by atoms with E-state index in [-0.39, 0.29) is 11.6 Å². The van der Waals surface area contributed by atoms with E-state index < -0.39 is 0 Å². The van der Waals surface area contributed by atoms with Gasteiger partial charge < -0.3 is 18.9 Å². The van der Waals surface area contributed by atoms with Crippen LogP contribution in [0.15, 0.2) is 84.9 Å². The van der Waals surface area contributed by atoms with Crippen molar-refractivity contribution in [1.82, 2.24) is 0 Å². The van der Waals surface area contributed by atoms with Gasteiger partial charge >= 0.3 is 0 Å². The fraction of sp³-hybridized carbons (Fsp3) is 0.571. The summed E-state index contributed by atoms with van der Waals surface area (Å²) in [7, 11) is 0. The molecule has 5 aromatic carbocycles. The molecular formula is C70H98O6. The molecule has 1 aliphatic carbocycles. The Balaban J connectivity index is 1.32. The molecular weight excluding hydrogens is 937 g/mol. The summed E-state index contributed by atoms with van der Waals surface area (Å²) in [5.41, 5.74) is 5.20. The Morgan fingerprint density at radius 2 is 0.526 bits per heavy atom. The molecule has 0 atom stereocenters. The van der Waals surface area contributed by atoms with Gasteiger partial charge in [-0.1, -0.05) is 244 Å². The van der Waals surface area contributed by atoms with Crippen molar-refractivity contribution < 1.29 is 28.5 Å². The molecule has 0 amide bonds. The van der Waals surface area contributed by atoms with E-state index in [1.807, 2.05) is 60.7 Å². The van der Waals surface area contributed by atoms with E-state index in [9.17, 15) is 9.59 Å². The Kier molecular flexibility index (Phi) is 28.0. The summed E-state index contributed by atoms with van der Waals surface area (Å²) in [6.45, 7) is 11.5. The van der Waals surface area contributed by atoms with Gasteiger partial charge in [0.25, 0.3) is 0 Å². The highest BCUT2D eigenvalue weighted by Crippen LogP contribution is 2.44. The molecule has 0 bridgehead atoms. The molecule has 0 fully saturated rings. The highest BCUT2D eigenvalue weighted by atomic mass is 16.5. The molecule has 414 valence electrons. The Labute approximate surface area is 460 Å². The van der Waals surface area contributed by atoms with E-state index >= 15 is 0 Å². The van der Waals surface area contributed by atoms with Crippen molar-refractivity contribution in [3.8, 4) is 45.3 Å². The molecule has 0 spiro atoms. The number of fused-ring (bicyclic) bond motifs is 3. The predicted octanol–water partition coefficient (Wildman–Crippen LogP) is 21.0. The molecule has 6 rings (SSSR count). The fourth-order valence-electron chi connectivity index (χ4n) is 10.8. The zero-order chi connectivity index (χ0) is 53.4. The summed E-state index contributed by atoms with van der Waals surface area (Å²) < 4.78 is 26.5. The Morgan fingerprint density at radius 3 is 0.829 bits per heavy atom. The Morgan fingerprint density at radius 1 is 0.263 bits per heavy atom. The lowest BCUT2D eigenvalue weighted by molar-refractivity contribution is 0.0979. The van der Waals surface area contributed by atoms with Gasteiger partial charge in [-0.3, -0.25) is 9.59 Å². The number of hydrogen-bond acceptors (Lipinski definition) is 6. The van der Waals surface area contributed by atoms with Crippen LogP contribution in [0.4, 0.5) is 0 Å². The lowest BCUT2D eigenvalue weighted by Gasteiger charge is -2.23. The third-order valence-electron chi connectivity index (χ3n) is 15.6. The highest BCUT2D eigenvalue weighted by molar-refractivity contribution is 6.30. The molecule has 0 heterocycles. The largest absolute Gasteiger partial charge is 0.490 e. The number of carbonyl (C=O) groups is 2. The number of ether oxygens (including phenoxy) is 4. The molecule has 5 aromatic rings. The maximum absolute atomic E-state index is 14.8. The minimum Gasteiger partial charge on any atom is -0.490 e. The van der Waals surface area contributed by atoms with Crippen molar-refractivity contribution in [1.29, 1.82) is 0 Å². The first kappa shape index (κ1) is 60.1. The lowest BCUT2D eigenvalue weighted by atomic mass is 9.79. The van der Waals surface area contributed by atoms with Gasteiger partial charge in [-0.15, -0.1) is 0 Å². The van der Waals surface area contributed by atoms with E-state index in [0.717, 1.165) is 95.9 Å². The average molecular weight is 1040 g/mol. The van der Waals surface area contributed by atoms with E-state index in [0.29, 0.717) is 60.2 Å². The molecule has 1 aliphatic rings. The third-order valence-corrected chi connectivity index (χ3v) is 15.6. The van der Waals surface area contributed by atoms with E-state index in [1.165, 1.54) is 154 Å². The number of carbonyl (C=O) groups excluding carboxylic acids is 2. The highest BCUT2D eigenvalue weighted by Gasteiger charge is 2.32. The van der Waals surface area contributed by atoms with E-state index in [4.69, 9.17) is 18.9 Å². The Hall–Kier alpha value is -5.10. The van der Waals surface area contributed by atoms with Gasteiger partial charge in [0.15, 0.2) is 34.6 Å². The normalized spacial score (nSPS) is 12.1. The molecule has 0 radical (unpaired) electrons. The van der Waals surface area contributed by atoms with Crippen LogP contribution < -0.4 is 18.9 Å². The molecule has 6 nitrogen and oxygen atoms in total. The maximum Gasteiger partial charge on any atom is 0.194 e. The number of benzene rings is 5. The zero-order valence-electron chi connectivity index (χ0n) is 48.0. The summed E-state index contributed by atoms with van der Waals surface area (Å²) in [6, 6.07) is 28.1. The summed E-state index contributed by atoms with van der Waals surface area (Å²) in [6.07, 6.45) is 39.3. The van der Waals surface area contributed by atoms with Gasteiger partial charge in [-0.2, -0.15) is 0 Å². The molecule has 0 saturated heterocycles. The predicted molar refractivity (Wildman–Crippen MR) is 321 cm³/mol. The fourth-order valence-corrected chi connectivity index (χ4v) is 10.8. The first-order chi connectivity index (χ1) is 37.5. The molecule has 0 N–H and O–H groups in total. The topological polar surface area (TPSA) is 71.1 Å². The monoisotopic (exact) mass is 1030 g/mol. The van der Waals surface area contributed by atoms with Gasteiger partial charge in [0.2, 0.25) is 0 Å². The van der Waals surface area contributed by atoms with Gasteiger partial charge in [-0.05, 0) is 107 Å². The second-order valence-electron chi connectivity index (χ2n) is 22.0. The standard InChI is InChI=1S/C70H98O6/c1-5-9-13-17-21-25-29-35-45-73-65-43-41-57(51-67(65)75-47-37-31-27-23-19-15-11-7-3)59-53-63-64(70(72)62-50-56-40-34-33-39-55(56)49-61(62)69(63)71)54-60(59)58-42-44-66(74-46-36-30-26-22-18-14-10-6-2)68(52-58)76-48-38-32-28-24-20-16-12-8-4/h33-34,39-44,49-54H,5-32,35-38,45-48H2,1-4H3. The van der Waals surface area contributed by atoms with Crippen LogP contribution in [0, 0.1) is 0 Å². The minimum absolute atomic E-state index is 0.140. The maximum atomic E-state index is 14.8. The van der Waals surface area contributed by atoms with Crippen molar-refractivity contribution in [3.05, 3.63) is 107 Å². The summed E-state index contributed by atoms with van der Waals surface area (Å²) in [5.74, 6) is 2.63. The second kappa shape index (κ2) is 35.3. The van der Waals surface area contributed by atoms with Gasteiger partial charge in [0.05, 0.1) is 26.4 Å². The number of rotatable bonds is 42. The molecule has 0 unspecified atom stereocenters. The van der Waals surface area contributed by atoms with Gasteiger partial charge in [-0.25, -0.2) is 0 Å². The van der Waals surface area contributed by atoms with Crippen LogP contribution in [0.1, 0.15) is 265 Å². The van der Waals surface area contributed by atoms with Crippen molar-refractivity contribution in [3.63, 3.8) is 0 Å². The first-order valence-corrected chi connectivity index (χ1v) is 31.1.